The Morgan fingerprint density at radius 2 is 2.25 bits per heavy atom. The van der Waals surface area contributed by atoms with Gasteiger partial charge in [0.05, 0.1) is 0 Å². The first-order chi connectivity index (χ1) is 7.93. The molecule has 0 aromatic carbocycles. The van der Waals surface area contributed by atoms with Crippen molar-refractivity contribution in [3.63, 3.8) is 0 Å². The quantitative estimate of drug-likeness (QED) is 0.792. The van der Waals surface area contributed by atoms with Gasteiger partial charge < -0.3 is 10.6 Å². The maximum Gasteiger partial charge on any atom is 0.0456 e. The Kier molecular flexibility index (Phi) is 2.79. The van der Waals surface area contributed by atoms with Gasteiger partial charge in [-0.2, -0.15) is 0 Å². The highest BCUT2D eigenvalue weighted by Gasteiger charge is 2.18. The number of nitrogens with zero attached hydrogens (tertiary/aromatic N) is 1. The zero-order valence-corrected chi connectivity index (χ0v) is 9.63. The molecule has 16 heavy (non-hydrogen) atoms. The van der Waals surface area contributed by atoms with E-state index in [-0.39, 0.29) is 0 Å². The number of nitrogens with one attached hydrogen (secondary N) is 2. The van der Waals surface area contributed by atoms with Crippen LogP contribution in [-0.2, 0) is 12.8 Å². The smallest absolute Gasteiger partial charge is 0.0456 e. The fourth-order valence-corrected chi connectivity index (χ4v) is 2.76. The molecule has 1 fully saturated rings. The van der Waals surface area contributed by atoms with Crippen LogP contribution in [0.25, 0.3) is 0 Å². The first-order valence-corrected chi connectivity index (χ1v) is 6.37. The SMILES string of the molecule is c1cc(NC2CCNC2)c2c(n1)CCCC2. The van der Waals surface area contributed by atoms with E-state index in [1.54, 1.807) is 0 Å². The molecule has 1 unspecified atom stereocenters. The Hall–Kier alpha value is -1.09. The molecule has 0 bridgehead atoms. The average Bonchev–Trinajstić information content (AvgIpc) is 2.82. The molecule has 2 heterocycles. The molecule has 2 aliphatic rings. The second-order valence-electron chi connectivity index (χ2n) is 4.82. The van der Waals surface area contributed by atoms with Crippen molar-refractivity contribution in [2.75, 3.05) is 18.4 Å². The summed E-state index contributed by atoms with van der Waals surface area (Å²) >= 11 is 0. The van der Waals surface area contributed by atoms with Gasteiger partial charge >= 0.3 is 0 Å². The van der Waals surface area contributed by atoms with Gasteiger partial charge in [0.2, 0.25) is 0 Å². The van der Waals surface area contributed by atoms with Crippen LogP contribution in [0.1, 0.15) is 30.5 Å². The summed E-state index contributed by atoms with van der Waals surface area (Å²) in [4.78, 5) is 4.50. The minimum Gasteiger partial charge on any atom is -0.381 e. The molecule has 0 radical (unpaired) electrons. The number of hydrogen-bond acceptors (Lipinski definition) is 3. The van der Waals surface area contributed by atoms with Crippen molar-refractivity contribution >= 4 is 5.69 Å². The number of rotatable bonds is 2. The molecule has 1 atom stereocenters. The van der Waals surface area contributed by atoms with Crippen LogP contribution in [0, 0.1) is 0 Å². The Morgan fingerprint density at radius 3 is 3.12 bits per heavy atom. The molecule has 1 aliphatic carbocycles. The normalized spacial score (nSPS) is 24.1. The summed E-state index contributed by atoms with van der Waals surface area (Å²) in [7, 11) is 0. The van der Waals surface area contributed by atoms with Crippen LogP contribution in [0.4, 0.5) is 5.69 Å². The molecule has 3 heteroatoms. The Bertz CT molecular complexity index is 369. The lowest BCUT2D eigenvalue weighted by Crippen LogP contribution is -2.23. The number of fused-ring (bicyclic) bond motifs is 1. The van der Waals surface area contributed by atoms with Crippen LogP contribution in [0.2, 0.25) is 0 Å². The van der Waals surface area contributed by atoms with E-state index in [0.717, 1.165) is 19.5 Å². The molecule has 86 valence electrons. The van der Waals surface area contributed by atoms with E-state index in [4.69, 9.17) is 0 Å². The Balaban J connectivity index is 1.82. The summed E-state index contributed by atoms with van der Waals surface area (Å²) in [5.74, 6) is 0. The zero-order valence-electron chi connectivity index (χ0n) is 9.63. The lowest BCUT2D eigenvalue weighted by atomic mass is 9.94. The number of aryl methyl sites for hydroxylation is 1. The summed E-state index contributed by atoms with van der Waals surface area (Å²) in [5, 5.41) is 7.06. The highest BCUT2D eigenvalue weighted by Crippen LogP contribution is 2.27. The van der Waals surface area contributed by atoms with Crippen LogP contribution in [0.15, 0.2) is 12.3 Å². The number of anilines is 1. The summed E-state index contributed by atoms with van der Waals surface area (Å²) in [6, 6.07) is 2.75. The standard InChI is InChI=1S/C13H19N3/c1-2-4-12-11(3-1)13(6-8-15-12)16-10-5-7-14-9-10/h6,8,10,14H,1-5,7,9H2,(H,15,16). The van der Waals surface area contributed by atoms with E-state index >= 15 is 0 Å². The van der Waals surface area contributed by atoms with Gasteiger partial charge in [-0.05, 0) is 50.3 Å². The van der Waals surface area contributed by atoms with Gasteiger partial charge in [0.1, 0.15) is 0 Å². The first kappa shape index (κ1) is 10.1. The van der Waals surface area contributed by atoms with E-state index < -0.39 is 0 Å². The van der Waals surface area contributed by atoms with Crippen LogP contribution in [0.5, 0.6) is 0 Å². The number of aromatic nitrogens is 1. The second-order valence-corrected chi connectivity index (χ2v) is 4.82. The van der Waals surface area contributed by atoms with Crippen LogP contribution >= 0.6 is 0 Å². The summed E-state index contributed by atoms with van der Waals surface area (Å²) in [6.45, 7) is 2.24. The molecule has 1 aromatic rings. The molecule has 0 spiro atoms. The third-order valence-corrected chi connectivity index (χ3v) is 3.66. The molecular formula is C13H19N3. The van der Waals surface area contributed by atoms with E-state index in [1.165, 1.54) is 42.6 Å². The zero-order chi connectivity index (χ0) is 10.8. The number of hydrogen-bond donors (Lipinski definition) is 2. The van der Waals surface area contributed by atoms with Crippen molar-refractivity contribution in [2.45, 2.75) is 38.1 Å². The van der Waals surface area contributed by atoms with Crippen LogP contribution in [-0.4, -0.2) is 24.1 Å². The van der Waals surface area contributed by atoms with Crippen LogP contribution in [0.3, 0.4) is 0 Å². The van der Waals surface area contributed by atoms with Crippen molar-refractivity contribution in [2.24, 2.45) is 0 Å². The van der Waals surface area contributed by atoms with Gasteiger partial charge in [0.15, 0.2) is 0 Å². The van der Waals surface area contributed by atoms with Crippen molar-refractivity contribution in [3.8, 4) is 0 Å². The van der Waals surface area contributed by atoms with Crippen molar-refractivity contribution in [1.82, 2.24) is 10.3 Å². The summed E-state index contributed by atoms with van der Waals surface area (Å²) in [5.41, 5.74) is 4.13. The van der Waals surface area contributed by atoms with E-state index in [1.807, 2.05) is 6.20 Å². The lowest BCUT2D eigenvalue weighted by molar-refractivity contribution is 0.666. The van der Waals surface area contributed by atoms with Gasteiger partial charge in [-0.3, -0.25) is 4.98 Å². The topological polar surface area (TPSA) is 37.0 Å². The number of pyridine rings is 1. The molecule has 0 amide bonds. The minimum absolute atomic E-state index is 0.605. The average molecular weight is 217 g/mol. The third kappa shape index (κ3) is 1.92. The maximum atomic E-state index is 4.50. The molecule has 1 aromatic heterocycles. The first-order valence-electron chi connectivity index (χ1n) is 6.37. The third-order valence-electron chi connectivity index (χ3n) is 3.66. The molecule has 1 saturated heterocycles. The highest BCUT2D eigenvalue weighted by molar-refractivity contribution is 5.54. The van der Waals surface area contributed by atoms with E-state index in [9.17, 15) is 0 Å². The van der Waals surface area contributed by atoms with Crippen molar-refractivity contribution < 1.29 is 0 Å². The predicted octanol–water partition coefficient (Wildman–Crippen LogP) is 1.73. The maximum absolute atomic E-state index is 4.50. The van der Waals surface area contributed by atoms with Gasteiger partial charge in [0.25, 0.3) is 0 Å². The van der Waals surface area contributed by atoms with Gasteiger partial charge in [-0.1, -0.05) is 0 Å². The molecule has 0 saturated carbocycles. The van der Waals surface area contributed by atoms with Crippen molar-refractivity contribution in [3.05, 3.63) is 23.5 Å². The largest absolute Gasteiger partial charge is 0.381 e. The van der Waals surface area contributed by atoms with E-state index in [2.05, 4.69) is 21.7 Å². The molecule has 3 rings (SSSR count). The van der Waals surface area contributed by atoms with Gasteiger partial charge in [-0.15, -0.1) is 0 Å². The van der Waals surface area contributed by atoms with Crippen molar-refractivity contribution in [1.29, 1.82) is 0 Å². The fourth-order valence-electron chi connectivity index (χ4n) is 2.76. The predicted molar refractivity (Wildman–Crippen MR) is 65.8 cm³/mol. The summed E-state index contributed by atoms with van der Waals surface area (Å²) in [6.07, 6.45) is 8.16. The van der Waals surface area contributed by atoms with E-state index in [0.29, 0.717) is 6.04 Å². The Morgan fingerprint density at radius 1 is 1.31 bits per heavy atom. The van der Waals surface area contributed by atoms with Gasteiger partial charge in [0, 0.05) is 30.2 Å². The molecular weight excluding hydrogens is 198 g/mol. The molecule has 1 aliphatic heterocycles. The van der Waals surface area contributed by atoms with Crippen LogP contribution < -0.4 is 10.6 Å². The monoisotopic (exact) mass is 217 g/mol. The van der Waals surface area contributed by atoms with Gasteiger partial charge in [-0.25, -0.2) is 0 Å². The molecule has 2 N–H and O–H groups in total. The minimum atomic E-state index is 0.605. The molecule has 3 nitrogen and oxygen atoms in total. The lowest BCUT2D eigenvalue weighted by Gasteiger charge is -2.21. The highest BCUT2D eigenvalue weighted by atomic mass is 15.0. The summed E-state index contributed by atoms with van der Waals surface area (Å²) < 4.78 is 0. The second kappa shape index (κ2) is 4.42. The Labute approximate surface area is 96.7 Å². The fraction of sp³-hybridized carbons (Fsp3) is 0.615.